The van der Waals surface area contributed by atoms with E-state index in [2.05, 4.69) is 5.32 Å². The summed E-state index contributed by atoms with van der Waals surface area (Å²) >= 11 is 6.03. The van der Waals surface area contributed by atoms with E-state index in [0.29, 0.717) is 18.6 Å². The Morgan fingerprint density at radius 3 is 2.58 bits per heavy atom. The van der Waals surface area contributed by atoms with Crippen molar-refractivity contribution >= 4 is 33.2 Å². The van der Waals surface area contributed by atoms with Crippen LogP contribution in [0, 0.1) is 5.92 Å². The first-order valence-electron chi connectivity index (χ1n) is 9.35. The second kappa shape index (κ2) is 9.05. The summed E-state index contributed by atoms with van der Waals surface area (Å²) in [5.74, 6) is -1.14. The first-order chi connectivity index (χ1) is 14.5. The van der Waals surface area contributed by atoms with Gasteiger partial charge >= 0.3 is 6.18 Å². The van der Waals surface area contributed by atoms with Gasteiger partial charge in [-0.05, 0) is 43.2 Å². The molecule has 1 N–H and O–H groups in total. The van der Waals surface area contributed by atoms with Crippen LogP contribution in [-0.4, -0.2) is 38.8 Å². The van der Waals surface area contributed by atoms with Gasteiger partial charge in [-0.15, -0.1) is 0 Å². The summed E-state index contributed by atoms with van der Waals surface area (Å²) in [5, 5.41) is 2.43. The molecule has 1 heterocycles. The molecule has 1 saturated heterocycles. The standard InChI is InChI=1S/C20H20ClF3N2O4S/c1-30-18-9-8-14(11-16(18)21)31(28,29)26-10-4-5-13(12-26)19(27)25-17-7-3-2-6-15(17)20(22,23)24/h2-3,6-9,11,13H,4-5,10,12H2,1H3,(H,25,27)/t13-/m1/s1. The highest BCUT2D eigenvalue weighted by Gasteiger charge is 2.36. The second-order valence-corrected chi connectivity index (χ2v) is 9.38. The lowest BCUT2D eigenvalue weighted by atomic mass is 9.98. The summed E-state index contributed by atoms with van der Waals surface area (Å²) in [6.45, 7) is 0.0426. The number of sulfonamides is 1. The number of alkyl halides is 3. The average molecular weight is 477 g/mol. The monoisotopic (exact) mass is 476 g/mol. The van der Waals surface area contributed by atoms with Crippen molar-refractivity contribution in [1.29, 1.82) is 0 Å². The molecule has 1 aliphatic heterocycles. The molecule has 6 nitrogen and oxygen atoms in total. The largest absolute Gasteiger partial charge is 0.495 e. The number of hydrogen-bond acceptors (Lipinski definition) is 4. The van der Waals surface area contributed by atoms with E-state index in [1.807, 2.05) is 0 Å². The maximum absolute atomic E-state index is 13.2. The Morgan fingerprint density at radius 1 is 1.23 bits per heavy atom. The zero-order valence-electron chi connectivity index (χ0n) is 16.4. The molecule has 0 spiro atoms. The summed E-state index contributed by atoms with van der Waals surface area (Å²) in [6, 6.07) is 8.70. The van der Waals surface area contributed by atoms with E-state index >= 15 is 0 Å². The third-order valence-electron chi connectivity index (χ3n) is 5.01. The van der Waals surface area contributed by atoms with Gasteiger partial charge in [-0.3, -0.25) is 4.79 Å². The number of ether oxygens (including phenoxy) is 1. The molecule has 1 fully saturated rings. The number of carbonyl (C=O) groups excluding carboxylic acids is 1. The molecule has 1 aliphatic rings. The SMILES string of the molecule is COc1ccc(S(=O)(=O)N2CCC[C@@H](C(=O)Nc3ccccc3C(F)(F)F)C2)cc1Cl. The lowest BCUT2D eigenvalue weighted by Gasteiger charge is -2.31. The quantitative estimate of drug-likeness (QED) is 0.693. The minimum atomic E-state index is -4.63. The van der Waals surface area contributed by atoms with Crippen molar-refractivity contribution in [3.05, 3.63) is 53.1 Å². The van der Waals surface area contributed by atoms with Crippen molar-refractivity contribution in [2.45, 2.75) is 23.9 Å². The highest BCUT2D eigenvalue weighted by atomic mass is 35.5. The number of benzene rings is 2. The molecule has 11 heteroatoms. The summed E-state index contributed by atoms with van der Waals surface area (Å²) in [5.41, 5.74) is -1.32. The van der Waals surface area contributed by atoms with E-state index in [4.69, 9.17) is 16.3 Å². The third-order valence-corrected chi connectivity index (χ3v) is 7.16. The molecule has 2 aromatic carbocycles. The van der Waals surface area contributed by atoms with E-state index in [9.17, 15) is 26.4 Å². The van der Waals surface area contributed by atoms with Crippen molar-refractivity contribution in [2.24, 2.45) is 5.92 Å². The molecule has 2 aromatic rings. The molecule has 1 amide bonds. The first kappa shape index (κ1) is 23.4. The van der Waals surface area contributed by atoms with Crippen molar-refractivity contribution in [3.8, 4) is 5.75 Å². The Bertz CT molecular complexity index is 1080. The van der Waals surface area contributed by atoms with Crippen LogP contribution in [0.2, 0.25) is 5.02 Å². The van der Waals surface area contributed by atoms with Crippen LogP contribution in [0.5, 0.6) is 5.75 Å². The number of amides is 1. The summed E-state index contributed by atoms with van der Waals surface area (Å²) in [7, 11) is -2.54. The fourth-order valence-electron chi connectivity index (χ4n) is 3.41. The molecule has 3 rings (SSSR count). The van der Waals surface area contributed by atoms with Gasteiger partial charge in [-0.1, -0.05) is 23.7 Å². The molecule has 0 aromatic heterocycles. The molecule has 0 unspecified atom stereocenters. The molecular formula is C20H20ClF3N2O4S. The van der Waals surface area contributed by atoms with E-state index in [1.165, 1.54) is 37.4 Å². The molecule has 0 radical (unpaired) electrons. The van der Waals surface area contributed by atoms with E-state index in [0.717, 1.165) is 16.4 Å². The van der Waals surface area contributed by atoms with Gasteiger partial charge in [-0.25, -0.2) is 8.42 Å². The van der Waals surface area contributed by atoms with Gasteiger partial charge in [0.25, 0.3) is 0 Å². The van der Waals surface area contributed by atoms with E-state index in [1.54, 1.807) is 0 Å². The number of nitrogens with zero attached hydrogens (tertiary/aromatic N) is 1. The third kappa shape index (κ3) is 5.13. The van der Waals surface area contributed by atoms with Crippen molar-refractivity contribution in [3.63, 3.8) is 0 Å². The molecule has 168 valence electrons. The first-order valence-corrected chi connectivity index (χ1v) is 11.2. The Balaban J connectivity index is 1.78. The molecule has 1 atom stereocenters. The van der Waals surface area contributed by atoms with Crippen LogP contribution in [0.4, 0.5) is 18.9 Å². The zero-order chi connectivity index (χ0) is 22.8. The number of carbonyl (C=O) groups is 1. The number of anilines is 1. The predicted octanol–water partition coefficient (Wildman–Crippen LogP) is 4.41. The minimum absolute atomic E-state index is 0.0539. The number of piperidine rings is 1. The second-order valence-electron chi connectivity index (χ2n) is 7.03. The molecule has 0 bridgehead atoms. The average Bonchev–Trinajstić information content (AvgIpc) is 2.73. The topological polar surface area (TPSA) is 75.7 Å². The van der Waals surface area contributed by atoms with Gasteiger partial charge in [-0.2, -0.15) is 17.5 Å². The summed E-state index contributed by atoms with van der Waals surface area (Å²) in [6.07, 6.45) is -3.88. The Labute approximate surface area is 183 Å². The minimum Gasteiger partial charge on any atom is -0.495 e. The number of hydrogen-bond donors (Lipinski definition) is 1. The summed E-state index contributed by atoms with van der Waals surface area (Å²) < 4.78 is 71.7. The number of halogens is 4. The van der Waals surface area contributed by atoms with E-state index in [-0.39, 0.29) is 28.7 Å². The number of para-hydroxylation sites is 1. The van der Waals surface area contributed by atoms with Crippen LogP contribution in [-0.2, 0) is 21.0 Å². The van der Waals surface area contributed by atoms with Gasteiger partial charge in [0.15, 0.2) is 0 Å². The molecule has 31 heavy (non-hydrogen) atoms. The number of rotatable bonds is 5. The van der Waals surface area contributed by atoms with Gasteiger partial charge < -0.3 is 10.1 Å². The highest BCUT2D eigenvalue weighted by Crippen LogP contribution is 2.35. The van der Waals surface area contributed by atoms with Crippen molar-refractivity contribution in [1.82, 2.24) is 4.31 Å². The Kier molecular flexibility index (Phi) is 6.82. The number of nitrogens with one attached hydrogen (secondary N) is 1. The Morgan fingerprint density at radius 2 is 1.94 bits per heavy atom. The fourth-order valence-corrected chi connectivity index (χ4v) is 5.28. The summed E-state index contributed by atoms with van der Waals surface area (Å²) in [4.78, 5) is 12.6. The van der Waals surface area contributed by atoms with Gasteiger partial charge in [0.1, 0.15) is 5.75 Å². The maximum atomic E-state index is 13.2. The van der Waals surface area contributed by atoms with Gasteiger partial charge in [0, 0.05) is 13.1 Å². The lowest BCUT2D eigenvalue weighted by molar-refractivity contribution is -0.137. The van der Waals surface area contributed by atoms with Crippen molar-refractivity contribution in [2.75, 3.05) is 25.5 Å². The number of methoxy groups -OCH3 is 1. The van der Waals surface area contributed by atoms with E-state index < -0.39 is 33.6 Å². The smallest absolute Gasteiger partial charge is 0.418 e. The molecule has 0 saturated carbocycles. The fraction of sp³-hybridized carbons (Fsp3) is 0.350. The zero-order valence-corrected chi connectivity index (χ0v) is 18.0. The highest BCUT2D eigenvalue weighted by molar-refractivity contribution is 7.89. The maximum Gasteiger partial charge on any atom is 0.418 e. The predicted molar refractivity (Wildman–Crippen MR) is 110 cm³/mol. The van der Waals surface area contributed by atoms with Gasteiger partial charge in [0.05, 0.1) is 34.2 Å². The van der Waals surface area contributed by atoms with Crippen LogP contribution in [0.3, 0.4) is 0 Å². The van der Waals surface area contributed by atoms with Crippen LogP contribution in [0.1, 0.15) is 18.4 Å². The van der Waals surface area contributed by atoms with Crippen LogP contribution in [0.15, 0.2) is 47.4 Å². The Hall–Kier alpha value is -2.30. The van der Waals surface area contributed by atoms with Crippen LogP contribution < -0.4 is 10.1 Å². The normalized spacial score (nSPS) is 17.9. The van der Waals surface area contributed by atoms with Crippen molar-refractivity contribution < 1.29 is 31.1 Å². The van der Waals surface area contributed by atoms with Crippen LogP contribution >= 0.6 is 11.6 Å². The van der Waals surface area contributed by atoms with Gasteiger partial charge in [0.2, 0.25) is 15.9 Å². The molecular weight excluding hydrogens is 457 g/mol. The van der Waals surface area contributed by atoms with Crippen LogP contribution in [0.25, 0.3) is 0 Å². The molecule has 0 aliphatic carbocycles. The lowest BCUT2D eigenvalue weighted by Crippen LogP contribution is -2.43.